The highest BCUT2D eigenvalue weighted by atomic mass is 127. The molecule has 0 saturated heterocycles. The van der Waals surface area contributed by atoms with E-state index in [1.165, 1.54) is 38.5 Å². The van der Waals surface area contributed by atoms with Crippen LogP contribution in [-0.2, 0) is 6.54 Å². The normalized spacial score (nSPS) is 11.6. The fourth-order valence-corrected chi connectivity index (χ4v) is 4.66. The summed E-state index contributed by atoms with van der Waals surface area (Å²) >= 11 is 0. The van der Waals surface area contributed by atoms with E-state index < -0.39 is 0 Å². The Bertz CT molecular complexity index is 1260. The molecule has 0 fully saturated rings. The molecule has 0 aliphatic carbocycles. The molecular formula is C28H36IN4+. The van der Waals surface area contributed by atoms with Crippen LogP contribution in [0.2, 0.25) is 0 Å². The number of anilines is 2. The second kappa shape index (κ2) is 10.3. The second-order valence-corrected chi connectivity index (χ2v) is 9.28. The van der Waals surface area contributed by atoms with Gasteiger partial charge in [-0.25, -0.2) is 0 Å². The highest BCUT2D eigenvalue weighted by Crippen LogP contribution is 2.33. The summed E-state index contributed by atoms with van der Waals surface area (Å²) in [6, 6.07) is 21.3. The molecule has 4 aromatic rings. The van der Waals surface area contributed by atoms with Gasteiger partial charge in [0.25, 0.3) is 0 Å². The first-order valence-electron chi connectivity index (χ1n) is 11.7. The van der Waals surface area contributed by atoms with E-state index in [4.69, 9.17) is 11.5 Å². The first-order valence-corrected chi connectivity index (χ1v) is 11.7. The maximum Gasteiger partial charge on any atom is 0.220 e. The van der Waals surface area contributed by atoms with Gasteiger partial charge in [-0.2, -0.15) is 4.57 Å². The summed E-state index contributed by atoms with van der Waals surface area (Å²) in [6.07, 6.45) is 1.10. The Morgan fingerprint density at radius 1 is 0.788 bits per heavy atom. The minimum Gasteiger partial charge on any atom is -1.00 e. The van der Waals surface area contributed by atoms with E-state index in [-0.39, 0.29) is 24.0 Å². The zero-order valence-corrected chi connectivity index (χ0v) is 22.4. The summed E-state index contributed by atoms with van der Waals surface area (Å²) in [5, 5.41) is 3.62. The number of quaternary nitrogens is 1. The number of benzene rings is 3. The molecule has 0 spiro atoms. The first-order chi connectivity index (χ1) is 15.3. The van der Waals surface area contributed by atoms with Crippen molar-refractivity contribution in [3.63, 3.8) is 0 Å². The van der Waals surface area contributed by atoms with Crippen molar-refractivity contribution in [1.29, 1.82) is 0 Å². The molecule has 4 nitrogen and oxygen atoms in total. The van der Waals surface area contributed by atoms with E-state index in [0.29, 0.717) is 0 Å². The average Bonchev–Trinajstić information content (AvgIpc) is 2.79. The lowest BCUT2D eigenvalue weighted by molar-refractivity contribution is -0.908. The van der Waals surface area contributed by atoms with Gasteiger partial charge in [-0.1, -0.05) is 23.8 Å². The summed E-state index contributed by atoms with van der Waals surface area (Å²) in [7, 11) is 2.35. The quantitative estimate of drug-likeness (QED) is 0.121. The summed E-state index contributed by atoms with van der Waals surface area (Å²) in [6.45, 7) is 11.1. The van der Waals surface area contributed by atoms with Crippen molar-refractivity contribution in [2.75, 3.05) is 38.1 Å². The number of nitrogens with zero attached hydrogens (tertiary/aromatic N) is 2. The van der Waals surface area contributed by atoms with Crippen LogP contribution in [0.15, 0.2) is 60.7 Å². The Labute approximate surface area is 214 Å². The third kappa shape index (κ3) is 5.09. The minimum absolute atomic E-state index is 0. The smallest absolute Gasteiger partial charge is 0.220 e. The van der Waals surface area contributed by atoms with E-state index in [1.807, 2.05) is 12.1 Å². The molecule has 4 N–H and O–H groups in total. The van der Waals surface area contributed by atoms with Gasteiger partial charge in [0.1, 0.15) is 0 Å². The molecule has 0 saturated carbocycles. The van der Waals surface area contributed by atoms with Crippen LogP contribution in [0.1, 0.15) is 25.8 Å². The van der Waals surface area contributed by atoms with Crippen LogP contribution < -0.4 is 40.0 Å². The molecule has 0 aliphatic rings. The van der Waals surface area contributed by atoms with Gasteiger partial charge < -0.3 is 39.9 Å². The molecule has 5 heteroatoms. The van der Waals surface area contributed by atoms with E-state index in [0.717, 1.165) is 48.5 Å². The van der Waals surface area contributed by atoms with Gasteiger partial charge in [-0.3, -0.25) is 0 Å². The predicted molar refractivity (Wildman–Crippen MR) is 137 cm³/mol. The largest absolute Gasteiger partial charge is 1.00 e. The Balaban J connectivity index is 0.00000306. The third-order valence-corrected chi connectivity index (χ3v) is 7.10. The number of aryl methyl sites for hydroxylation is 2. The van der Waals surface area contributed by atoms with E-state index in [1.54, 1.807) is 0 Å². The number of aromatic nitrogens is 1. The maximum absolute atomic E-state index is 6.27. The molecule has 0 aliphatic heterocycles. The SMILES string of the molecule is CC[N+](C)(CC)CCC[n+]1c(-c2ccc(C)cc2)c2cc(N)ccc2c2ccc(N)cc21.[I-]. The van der Waals surface area contributed by atoms with Crippen molar-refractivity contribution >= 4 is 33.1 Å². The Hall–Kier alpha value is -2.38. The lowest BCUT2D eigenvalue weighted by Gasteiger charge is -2.31. The third-order valence-electron chi connectivity index (χ3n) is 7.10. The summed E-state index contributed by atoms with van der Waals surface area (Å²) in [5.74, 6) is 0. The van der Waals surface area contributed by atoms with Crippen molar-refractivity contribution in [3.8, 4) is 11.3 Å². The topological polar surface area (TPSA) is 55.9 Å². The van der Waals surface area contributed by atoms with E-state index >= 15 is 0 Å². The van der Waals surface area contributed by atoms with Crippen LogP contribution in [0.3, 0.4) is 0 Å². The van der Waals surface area contributed by atoms with Crippen molar-refractivity contribution < 1.29 is 33.0 Å². The van der Waals surface area contributed by atoms with Crippen LogP contribution in [0.25, 0.3) is 32.9 Å². The number of hydrogen-bond donors (Lipinski definition) is 2. The van der Waals surface area contributed by atoms with Crippen LogP contribution in [0, 0.1) is 6.92 Å². The fourth-order valence-electron chi connectivity index (χ4n) is 4.66. The fraction of sp³-hybridized carbons (Fsp3) is 0.321. The number of pyridine rings is 1. The molecule has 1 heterocycles. The molecule has 0 bridgehead atoms. The van der Waals surface area contributed by atoms with Gasteiger partial charge in [0.05, 0.1) is 43.9 Å². The summed E-state index contributed by atoms with van der Waals surface area (Å²) < 4.78 is 3.55. The van der Waals surface area contributed by atoms with Gasteiger partial charge in [0.2, 0.25) is 11.2 Å². The Morgan fingerprint density at radius 3 is 2.03 bits per heavy atom. The number of nitrogen functional groups attached to an aromatic ring is 2. The predicted octanol–water partition coefficient (Wildman–Crippen LogP) is 2.30. The van der Waals surface area contributed by atoms with Gasteiger partial charge in [-0.05, 0) is 57.2 Å². The lowest BCUT2D eigenvalue weighted by atomic mass is 9.97. The van der Waals surface area contributed by atoms with E-state index in [2.05, 4.69) is 80.9 Å². The van der Waals surface area contributed by atoms with Gasteiger partial charge >= 0.3 is 0 Å². The van der Waals surface area contributed by atoms with Gasteiger partial charge in [0, 0.05) is 28.4 Å². The molecule has 0 atom stereocenters. The number of rotatable bonds is 7. The standard InChI is InChI=1S/C28H35N4.HI/c1-5-32(4,6-2)17-7-16-31-27-19-23(30)13-15-25(27)24-14-12-22(29)18-26(24)28(31)21-10-8-20(3)9-11-21;/h8-15,18-19,30H,5-7,16-17,29H2,1-4H3;1H/q+1;. The summed E-state index contributed by atoms with van der Waals surface area (Å²) in [5.41, 5.74) is 19.0. The molecule has 3 aromatic carbocycles. The highest BCUT2D eigenvalue weighted by molar-refractivity contribution is 6.10. The van der Waals surface area contributed by atoms with Gasteiger partial charge in [-0.15, -0.1) is 0 Å². The molecule has 1 aromatic heterocycles. The zero-order chi connectivity index (χ0) is 22.9. The molecule has 33 heavy (non-hydrogen) atoms. The second-order valence-electron chi connectivity index (χ2n) is 9.28. The number of hydrogen-bond acceptors (Lipinski definition) is 2. The van der Waals surface area contributed by atoms with Crippen molar-refractivity contribution in [2.45, 2.75) is 33.7 Å². The van der Waals surface area contributed by atoms with Gasteiger partial charge in [0.15, 0.2) is 6.54 Å². The van der Waals surface area contributed by atoms with Crippen molar-refractivity contribution in [3.05, 3.63) is 66.2 Å². The Morgan fingerprint density at radius 2 is 1.39 bits per heavy atom. The zero-order valence-electron chi connectivity index (χ0n) is 20.2. The lowest BCUT2D eigenvalue weighted by Crippen LogP contribution is -3.00. The van der Waals surface area contributed by atoms with Crippen LogP contribution in [0.5, 0.6) is 0 Å². The molecule has 4 rings (SSSR count). The van der Waals surface area contributed by atoms with Crippen LogP contribution >= 0.6 is 0 Å². The average molecular weight is 556 g/mol. The molecule has 0 unspecified atom stereocenters. The molecule has 0 amide bonds. The molecule has 0 radical (unpaired) electrons. The number of nitrogens with two attached hydrogens (primary N) is 2. The monoisotopic (exact) mass is 555 g/mol. The van der Waals surface area contributed by atoms with Crippen molar-refractivity contribution in [2.24, 2.45) is 0 Å². The first kappa shape index (κ1) is 25.2. The minimum atomic E-state index is 0. The highest BCUT2D eigenvalue weighted by Gasteiger charge is 2.25. The number of fused-ring (bicyclic) bond motifs is 3. The summed E-state index contributed by atoms with van der Waals surface area (Å²) in [4.78, 5) is 0. The molecule has 174 valence electrons. The maximum atomic E-state index is 6.27. The Kier molecular flexibility index (Phi) is 7.85. The van der Waals surface area contributed by atoms with Crippen LogP contribution in [0.4, 0.5) is 11.4 Å². The molecular weight excluding hydrogens is 519 g/mol. The van der Waals surface area contributed by atoms with Crippen molar-refractivity contribution in [1.82, 2.24) is 0 Å². The number of halogens is 1. The van der Waals surface area contributed by atoms with E-state index in [9.17, 15) is 0 Å². The van der Waals surface area contributed by atoms with Crippen LogP contribution in [-0.4, -0.2) is 31.2 Å².